The minimum atomic E-state index is 0. The Morgan fingerprint density at radius 2 is 1.71 bits per heavy atom. The van der Waals surface area contributed by atoms with Crippen molar-refractivity contribution in [2.24, 2.45) is 4.99 Å². The summed E-state index contributed by atoms with van der Waals surface area (Å²) in [6.45, 7) is 7.49. The maximum atomic E-state index is 5.93. The SMILES string of the molecule is CCNC(=NCc1ccccc1COCc1ccccc1)NCc1ncc(CC)s1.I. The van der Waals surface area contributed by atoms with Gasteiger partial charge in [-0.1, -0.05) is 61.5 Å². The van der Waals surface area contributed by atoms with Crippen LogP contribution in [0.3, 0.4) is 0 Å². The average Bonchev–Trinajstić information content (AvgIpc) is 3.25. The summed E-state index contributed by atoms with van der Waals surface area (Å²) in [6.07, 6.45) is 2.98. The predicted molar refractivity (Wildman–Crippen MR) is 140 cm³/mol. The molecule has 0 spiro atoms. The molecule has 0 bridgehead atoms. The Labute approximate surface area is 206 Å². The normalized spacial score (nSPS) is 11.1. The van der Waals surface area contributed by atoms with E-state index < -0.39 is 0 Å². The summed E-state index contributed by atoms with van der Waals surface area (Å²) < 4.78 is 5.93. The number of rotatable bonds is 10. The number of aliphatic imine (C=N–C) groups is 1. The number of halogens is 1. The Hall–Kier alpha value is -1.97. The predicted octanol–water partition coefficient (Wildman–Crippen LogP) is 5.30. The van der Waals surface area contributed by atoms with Crippen LogP contribution in [0.5, 0.6) is 0 Å². The van der Waals surface area contributed by atoms with Gasteiger partial charge in [0.25, 0.3) is 0 Å². The first kappa shape index (κ1) is 25.3. The number of nitrogens with one attached hydrogen (secondary N) is 2. The molecule has 0 unspecified atom stereocenters. The Balaban J connectivity index is 0.00000341. The number of thiazole rings is 1. The van der Waals surface area contributed by atoms with Crippen molar-refractivity contribution in [1.29, 1.82) is 0 Å². The first-order chi connectivity index (χ1) is 14.8. The standard InChI is InChI=1S/C24H30N4OS.HI/c1-3-22-15-26-23(30-22)16-28-24(25-4-2)27-14-20-12-8-9-13-21(20)18-29-17-19-10-6-5-7-11-19;/h5-13,15H,3-4,14,16-18H2,1-2H3,(H2,25,27,28);1H. The van der Waals surface area contributed by atoms with Gasteiger partial charge < -0.3 is 15.4 Å². The van der Waals surface area contributed by atoms with E-state index in [4.69, 9.17) is 9.73 Å². The van der Waals surface area contributed by atoms with Crippen molar-refractivity contribution in [3.05, 3.63) is 87.4 Å². The summed E-state index contributed by atoms with van der Waals surface area (Å²) in [5, 5.41) is 7.77. The molecule has 3 aromatic rings. The van der Waals surface area contributed by atoms with E-state index in [1.165, 1.54) is 21.6 Å². The van der Waals surface area contributed by atoms with Crippen molar-refractivity contribution in [2.75, 3.05) is 6.54 Å². The van der Waals surface area contributed by atoms with Crippen LogP contribution < -0.4 is 10.6 Å². The lowest BCUT2D eigenvalue weighted by Crippen LogP contribution is -2.36. The molecule has 5 nitrogen and oxygen atoms in total. The topological polar surface area (TPSA) is 58.5 Å². The van der Waals surface area contributed by atoms with E-state index in [2.05, 4.69) is 53.7 Å². The van der Waals surface area contributed by atoms with E-state index in [9.17, 15) is 0 Å². The van der Waals surface area contributed by atoms with E-state index in [0.717, 1.165) is 23.9 Å². The molecular formula is C24H31IN4OS. The van der Waals surface area contributed by atoms with Crippen LogP contribution in [0.1, 0.15) is 40.4 Å². The summed E-state index contributed by atoms with van der Waals surface area (Å²) in [5.41, 5.74) is 3.52. The van der Waals surface area contributed by atoms with Crippen molar-refractivity contribution in [3.63, 3.8) is 0 Å². The molecule has 2 N–H and O–H groups in total. The van der Waals surface area contributed by atoms with E-state index in [-0.39, 0.29) is 24.0 Å². The molecular weight excluding hydrogens is 519 g/mol. The minimum Gasteiger partial charge on any atom is -0.372 e. The number of hydrogen-bond donors (Lipinski definition) is 2. The number of guanidine groups is 1. The monoisotopic (exact) mass is 550 g/mol. The quantitative estimate of drug-likeness (QED) is 0.205. The number of nitrogens with zero attached hydrogens (tertiary/aromatic N) is 2. The van der Waals surface area contributed by atoms with E-state index >= 15 is 0 Å². The van der Waals surface area contributed by atoms with Gasteiger partial charge >= 0.3 is 0 Å². The van der Waals surface area contributed by atoms with Gasteiger partial charge in [0.05, 0.1) is 26.3 Å². The van der Waals surface area contributed by atoms with E-state index in [1.807, 2.05) is 36.5 Å². The largest absolute Gasteiger partial charge is 0.372 e. The zero-order chi connectivity index (χ0) is 21.0. The molecule has 0 saturated carbocycles. The fourth-order valence-corrected chi connectivity index (χ4v) is 3.77. The van der Waals surface area contributed by atoms with Gasteiger partial charge in [0.1, 0.15) is 5.01 Å². The van der Waals surface area contributed by atoms with Crippen molar-refractivity contribution < 1.29 is 4.74 Å². The molecule has 7 heteroatoms. The summed E-state index contributed by atoms with van der Waals surface area (Å²) in [5.74, 6) is 0.797. The van der Waals surface area contributed by atoms with Crippen LogP contribution in [-0.4, -0.2) is 17.5 Å². The fraction of sp³-hybridized carbons (Fsp3) is 0.333. The Morgan fingerprint density at radius 3 is 2.42 bits per heavy atom. The lowest BCUT2D eigenvalue weighted by Gasteiger charge is -2.12. The van der Waals surface area contributed by atoms with Crippen LogP contribution in [0.25, 0.3) is 0 Å². The molecule has 3 rings (SSSR count). The molecule has 166 valence electrons. The highest BCUT2D eigenvalue weighted by Crippen LogP contribution is 2.14. The molecule has 0 atom stereocenters. The van der Waals surface area contributed by atoms with Crippen molar-refractivity contribution in [1.82, 2.24) is 15.6 Å². The molecule has 31 heavy (non-hydrogen) atoms. The maximum absolute atomic E-state index is 5.93. The van der Waals surface area contributed by atoms with Gasteiger partial charge in [-0.25, -0.2) is 9.98 Å². The molecule has 0 aliphatic heterocycles. The third-order valence-electron chi connectivity index (χ3n) is 4.60. The first-order valence-corrected chi connectivity index (χ1v) is 11.2. The third-order valence-corrected chi connectivity index (χ3v) is 5.74. The second kappa shape index (κ2) is 14.2. The highest BCUT2D eigenvalue weighted by atomic mass is 127. The smallest absolute Gasteiger partial charge is 0.191 e. The fourth-order valence-electron chi connectivity index (χ4n) is 2.96. The van der Waals surface area contributed by atoms with E-state index in [0.29, 0.717) is 26.3 Å². The second-order valence-electron chi connectivity index (χ2n) is 6.87. The van der Waals surface area contributed by atoms with Crippen LogP contribution in [0.2, 0.25) is 0 Å². The second-order valence-corrected chi connectivity index (χ2v) is 8.07. The third kappa shape index (κ3) is 8.59. The molecule has 0 aliphatic carbocycles. The summed E-state index contributed by atoms with van der Waals surface area (Å²) in [7, 11) is 0. The highest BCUT2D eigenvalue weighted by Gasteiger charge is 2.05. The Kier molecular flexibility index (Phi) is 11.6. The van der Waals surface area contributed by atoms with E-state index in [1.54, 1.807) is 11.3 Å². The van der Waals surface area contributed by atoms with Crippen molar-refractivity contribution >= 4 is 41.3 Å². The molecule has 1 aromatic heterocycles. The molecule has 0 saturated heterocycles. The van der Waals surface area contributed by atoms with Crippen LogP contribution in [0.15, 0.2) is 65.8 Å². The summed E-state index contributed by atoms with van der Waals surface area (Å²) in [4.78, 5) is 10.5. The first-order valence-electron chi connectivity index (χ1n) is 10.4. The van der Waals surface area contributed by atoms with Gasteiger partial charge in [0.15, 0.2) is 5.96 Å². The van der Waals surface area contributed by atoms with Gasteiger partial charge in [0, 0.05) is 17.6 Å². The van der Waals surface area contributed by atoms with Crippen molar-refractivity contribution in [3.8, 4) is 0 Å². The van der Waals surface area contributed by atoms with Crippen LogP contribution in [-0.2, 0) is 37.5 Å². The van der Waals surface area contributed by atoms with Gasteiger partial charge in [-0.3, -0.25) is 0 Å². The number of aryl methyl sites for hydroxylation is 1. The maximum Gasteiger partial charge on any atom is 0.191 e. The summed E-state index contributed by atoms with van der Waals surface area (Å²) in [6, 6.07) is 18.6. The van der Waals surface area contributed by atoms with Gasteiger partial charge in [-0.15, -0.1) is 35.3 Å². The van der Waals surface area contributed by atoms with Gasteiger partial charge in [0.2, 0.25) is 0 Å². The Bertz CT molecular complexity index is 930. The average molecular weight is 551 g/mol. The molecule has 0 aliphatic rings. The molecule has 0 amide bonds. The molecule has 2 aromatic carbocycles. The number of ether oxygens (including phenoxy) is 1. The van der Waals surface area contributed by atoms with Crippen molar-refractivity contribution in [2.45, 2.75) is 46.6 Å². The van der Waals surface area contributed by atoms with Crippen LogP contribution in [0.4, 0.5) is 0 Å². The molecule has 0 fully saturated rings. The number of aromatic nitrogens is 1. The lowest BCUT2D eigenvalue weighted by molar-refractivity contribution is 0.106. The molecule has 0 radical (unpaired) electrons. The zero-order valence-corrected chi connectivity index (χ0v) is 21.3. The minimum absolute atomic E-state index is 0. The number of benzene rings is 2. The Morgan fingerprint density at radius 1 is 0.968 bits per heavy atom. The van der Waals surface area contributed by atoms with Crippen LogP contribution >= 0.6 is 35.3 Å². The molecule has 1 heterocycles. The lowest BCUT2D eigenvalue weighted by atomic mass is 10.1. The summed E-state index contributed by atoms with van der Waals surface area (Å²) >= 11 is 1.74. The van der Waals surface area contributed by atoms with Crippen LogP contribution in [0, 0.1) is 0 Å². The van der Waals surface area contributed by atoms with Gasteiger partial charge in [-0.2, -0.15) is 0 Å². The number of hydrogen-bond acceptors (Lipinski definition) is 4. The zero-order valence-electron chi connectivity index (χ0n) is 18.1. The highest BCUT2D eigenvalue weighted by molar-refractivity contribution is 14.0. The van der Waals surface area contributed by atoms with Gasteiger partial charge in [-0.05, 0) is 30.0 Å².